The minimum Gasteiger partial charge on any atom is -0.451 e. The largest absolute Gasteiger partial charge is 0.451 e. The van der Waals surface area contributed by atoms with Gasteiger partial charge in [0, 0.05) is 11.1 Å². The van der Waals surface area contributed by atoms with Crippen LogP contribution in [0.15, 0.2) is 22.7 Å². The molecule has 0 spiro atoms. The number of benzene rings is 1. The Bertz CT molecular complexity index is 546. The van der Waals surface area contributed by atoms with E-state index in [0.717, 1.165) is 6.42 Å². The van der Waals surface area contributed by atoms with Crippen molar-refractivity contribution in [3.8, 4) is 0 Å². The van der Waals surface area contributed by atoms with E-state index in [1.807, 2.05) is 0 Å². The number of anilines is 1. The molecule has 21 heavy (non-hydrogen) atoms. The maximum absolute atomic E-state index is 13.6. The van der Waals surface area contributed by atoms with Gasteiger partial charge in [0.15, 0.2) is 12.2 Å². The molecule has 2 rings (SSSR count). The molecule has 1 heterocycles. The third-order valence-electron chi connectivity index (χ3n) is 3.04. The first-order valence-electron chi connectivity index (χ1n) is 6.55. The highest BCUT2D eigenvalue weighted by Gasteiger charge is 2.28. The number of rotatable bonds is 4. The molecule has 7 heteroatoms. The first-order chi connectivity index (χ1) is 9.97. The van der Waals surface area contributed by atoms with E-state index in [-0.39, 0.29) is 5.69 Å². The molecule has 0 aliphatic carbocycles. The zero-order valence-electron chi connectivity index (χ0n) is 11.4. The van der Waals surface area contributed by atoms with E-state index < -0.39 is 29.9 Å². The molecule has 114 valence electrons. The molecule has 1 aliphatic rings. The summed E-state index contributed by atoms with van der Waals surface area (Å²) in [7, 11) is 0. The topological polar surface area (TPSA) is 64.6 Å². The van der Waals surface area contributed by atoms with E-state index in [0.29, 0.717) is 17.5 Å². The summed E-state index contributed by atoms with van der Waals surface area (Å²) in [6, 6.07) is 4.26. The van der Waals surface area contributed by atoms with Gasteiger partial charge in [0.1, 0.15) is 5.82 Å². The maximum Gasteiger partial charge on any atom is 0.336 e. The minimum absolute atomic E-state index is 0.0308. The number of carbonyl (C=O) groups is 2. The van der Waals surface area contributed by atoms with Crippen LogP contribution >= 0.6 is 15.9 Å². The monoisotopic (exact) mass is 359 g/mol. The van der Waals surface area contributed by atoms with Gasteiger partial charge in [-0.3, -0.25) is 4.79 Å². The van der Waals surface area contributed by atoms with Gasteiger partial charge >= 0.3 is 5.97 Å². The smallest absolute Gasteiger partial charge is 0.336 e. The van der Waals surface area contributed by atoms with Crippen molar-refractivity contribution in [3.63, 3.8) is 0 Å². The molecule has 0 aromatic heterocycles. The molecule has 1 fully saturated rings. The quantitative estimate of drug-likeness (QED) is 0.839. The van der Waals surface area contributed by atoms with Crippen LogP contribution in [0.25, 0.3) is 0 Å². The Morgan fingerprint density at radius 2 is 2.29 bits per heavy atom. The van der Waals surface area contributed by atoms with Crippen LogP contribution in [0, 0.1) is 5.82 Å². The third kappa shape index (κ3) is 4.25. The Labute approximate surface area is 129 Å². The van der Waals surface area contributed by atoms with Crippen LogP contribution in [-0.2, 0) is 19.1 Å². The van der Waals surface area contributed by atoms with Gasteiger partial charge < -0.3 is 14.8 Å². The number of ether oxygens (including phenoxy) is 2. The van der Waals surface area contributed by atoms with Crippen LogP contribution in [0.2, 0.25) is 0 Å². The Balaban J connectivity index is 1.91. The van der Waals surface area contributed by atoms with Crippen molar-refractivity contribution >= 4 is 33.5 Å². The van der Waals surface area contributed by atoms with Crippen LogP contribution in [0.1, 0.15) is 19.8 Å². The third-order valence-corrected chi connectivity index (χ3v) is 3.54. The van der Waals surface area contributed by atoms with Gasteiger partial charge in [0.25, 0.3) is 5.91 Å². The molecule has 0 unspecified atom stereocenters. The Morgan fingerprint density at radius 3 is 2.90 bits per heavy atom. The summed E-state index contributed by atoms with van der Waals surface area (Å²) in [6.45, 7) is 1.95. The first-order valence-corrected chi connectivity index (χ1v) is 7.34. The summed E-state index contributed by atoms with van der Waals surface area (Å²) in [5, 5.41) is 2.38. The van der Waals surface area contributed by atoms with Crippen LogP contribution in [0.5, 0.6) is 0 Å². The SMILES string of the molecule is C[C@@H](OC(=O)[C@@H]1CCCO1)C(=O)Nc1ccc(Br)cc1F. The first kappa shape index (κ1) is 15.9. The molecule has 0 saturated carbocycles. The predicted molar refractivity (Wildman–Crippen MR) is 77.3 cm³/mol. The van der Waals surface area contributed by atoms with Gasteiger partial charge in [-0.25, -0.2) is 9.18 Å². The number of halogens is 2. The fourth-order valence-corrected chi connectivity index (χ4v) is 2.23. The lowest BCUT2D eigenvalue weighted by Gasteiger charge is -2.16. The van der Waals surface area contributed by atoms with E-state index in [2.05, 4.69) is 21.2 Å². The molecule has 5 nitrogen and oxygen atoms in total. The van der Waals surface area contributed by atoms with Crippen LogP contribution < -0.4 is 5.32 Å². The number of hydrogen-bond donors (Lipinski definition) is 1. The number of nitrogens with one attached hydrogen (secondary N) is 1. The van der Waals surface area contributed by atoms with Gasteiger partial charge in [-0.2, -0.15) is 0 Å². The fourth-order valence-electron chi connectivity index (χ4n) is 1.89. The van der Waals surface area contributed by atoms with E-state index in [1.54, 1.807) is 6.07 Å². The molecule has 1 saturated heterocycles. The van der Waals surface area contributed by atoms with Crippen molar-refractivity contribution in [3.05, 3.63) is 28.5 Å². The fraction of sp³-hybridized carbons (Fsp3) is 0.429. The van der Waals surface area contributed by atoms with Gasteiger partial charge in [-0.15, -0.1) is 0 Å². The second-order valence-corrected chi connectivity index (χ2v) is 5.61. The average Bonchev–Trinajstić information content (AvgIpc) is 2.95. The minimum atomic E-state index is -1.02. The normalized spacial score (nSPS) is 19.1. The molecular weight excluding hydrogens is 345 g/mol. The number of esters is 1. The second-order valence-electron chi connectivity index (χ2n) is 4.69. The van der Waals surface area contributed by atoms with Gasteiger partial charge in [0.05, 0.1) is 5.69 Å². The van der Waals surface area contributed by atoms with Crippen LogP contribution in [0.3, 0.4) is 0 Å². The highest BCUT2D eigenvalue weighted by atomic mass is 79.9. The maximum atomic E-state index is 13.6. The lowest BCUT2D eigenvalue weighted by molar-refractivity contribution is -0.162. The number of amides is 1. The summed E-state index contributed by atoms with van der Waals surface area (Å²) in [6.07, 6.45) is -0.242. The number of hydrogen-bond acceptors (Lipinski definition) is 4. The molecule has 2 atom stereocenters. The molecule has 0 bridgehead atoms. The summed E-state index contributed by atoms with van der Waals surface area (Å²) < 4.78 is 24.4. The van der Waals surface area contributed by atoms with Crippen molar-refractivity contribution in [1.29, 1.82) is 0 Å². The van der Waals surface area contributed by atoms with Gasteiger partial charge in [-0.05, 0) is 38.0 Å². The summed E-state index contributed by atoms with van der Waals surface area (Å²) in [5.74, 6) is -1.73. The highest BCUT2D eigenvalue weighted by molar-refractivity contribution is 9.10. The summed E-state index contributed by atoms with van der Waals surface area (Å²) >= 11 is 3.13. The van der Waals surface area contributed by atoms with Crippen molar-refractivity contribution in [2.45, 2.75) is 32.0 Å². The van der Waals surface area contributed by atoms with Crippen molar-refractivity contribution < 1.29 is 23.5 Å². The van der Waals surface area contributed by atoms with Crippen molar-refractivity contribution in [2.75, 3.05) is 11.9 Å². The van der Waals surface area contributed by atoms with Gasteiger partial charge in [0.2, 0.25) is 0 Å². The molecule has 0 radical (unpaired) electrons. The van der Waals surface area contributed by atoms with Gasteiger partial charge in [-0.1, -0.05) is 15.9 Å². The average molecular weight is 360 g/mol. The Morgan fingerprint density at radius 1 is 1.52 bits per heavy atom. The standard InChI is InChI=1S/C14H15BrFNO4/c1-8(21-14(19)12-3-2-6-20-12)13(18)17-11-5-4-9(15)7-10(11)16/h4-5,7-8,12H,2-3,6H2,1H3,(H,17,18)/t8-,12+/m1/s1. The summed E-state index contributed by atoms with van der Waals surface area (Å²) in [4.78, 5) is 23.6. The molecule has 1 aliphatic heterocycles. The predicted octanol–water partition coefficient (Wildman–Crippen LogP) is 2.64. The van der Waals surface area contributed by atoms with E-state index in [9.17, 15) is 14.0 Å². The van der Waals surface area contributed by atoms with E-state index in [4.69, 9.17) is 9.47 Å². The molecule has 1 aromatic rings. The lowest BCUT2D eigenvalue weighted by atomic mass is 10.2. The van der Waals surface area contributed by atoms with Crippen molar-refractivity contribution in [2.24, 2.45) is 0 Å². The Hall–Kier alpha value is -1.47. The Kier molecular flexibility index (Phi) is 5.30. The van der Waals surface area contributed by atoms with E-state index in [1.165, 1.54) is 19.1 Å². The van der Waals surface area contributed by atoms with Crippen LogP contribution in [-0.4, -0.2) is 30.7 Å². The van der Waals surface area contributed by atoms with Crippen molar-refractivity contribution in [1.82, 2.24) is 0 Å². The zero-order chi connectivity index (χ0) is 15.4. The van der Waals surface area contributed by atoms with Crippen LogP contribution in [0.4, 0.5) is 10.1 Å². The second kappa shape index (κ2) is 7.00. The molecule has 1 N–H and O–H groups in total. The highest BCUT2D eigenvalue weighted by Crippen LogP contribution is 2.20. The zero-order valence-corrected chi connectivity index (χ0v) is 13.0. The summed E-state index contributed by atoms with van der Waals surface area (Å²) in [5.41, 5.74) is 0.0308. The molecule has 1 aromatic carbocycles. The van der Waals surface area contributed by atoms with E-state index >= 15 is 0 Å². The molecular formula is C14H15BrFNO4. The molecule has 1 amide bonds. The number of carbonyl (C=O) groups excluding carboxylic acids is 2. The lowest BCUT2D eigenvalue weighted by Crippen LogP contribution is -2.34.